The number of hydrogen-bond donors (Lipinski definition) is 0. The van der Waals surface area contributed by atoms with Crippen LogP contribution in [0.3, 0.4) is 0 Å². The molecule has 1 fully saturated rings. The Morgan fingerprint density at radius 1 is 0.968 bits per heavy atom. The summed E-state index contributed by atoms with van der Waals surface area (Å²) >= 11 is 0. The molecular formula is C27H30N2O2. The van der Waals surface area contributed by atoms with Crippen LogP contribution in [0.2, 0.25) is 0 Å². The number of carbonyl (C=O) groups excluding carboxylic acids is 1. The summed E-state index contributed by atoms with van der Waals surface area (Å²) in [5.74, 6) is 0. The van der Waals surface area contributed by atoms with Gasteiger partial charge in [0.2, 0.25) is 0 Å². The predicted molar refractivity (Wildman–Crippen MR) is 126 cm³/mol. The number of amides is 1. The second-order valence-corrected chi connectivity index (χ2v) is 9.08. The van der Waals surface area contributed by atoms with Crippen molar-refractivity contribution in [2.45, 2.75) is 39.2 Å². The first-order valence-corrected chi connectivity index (χ1v) is 10.9. The number of para-hydroxylation sites is 1. The highest BCUT2D eigenvalue weighted by molar-refractivity contribution is 5.89. The Morgan fingerprint density at radius 2 is 1.61 bits per heavy atom. The topological polar surface area (TPSA) is 34.5 Å². The van der Waals surface area contributed by atoms with E-state index in [4.69, 9.17) is 4.74 Å². The maximum Gasteiger partial charge on any atom is 0.410 e. The van der Waals surface area contributed by atoms with E-state index < -0.39 is 5.60 Å². The highest BCUT2D eigenvalue weighted by atomic mass is 16.6. The summed E-state index contributed by atoms with van der Waals surface area (Å²) in [5, 5.41) is 1.22. The lowest BCUT2D eigenvalue weighted by Gasteiger charge is -2.30. The number of ether oxygens (including phenoxy) is 1. The van der Waals surface area contributed by atoms with Crippen molar-refractivity contribution in [1.29, 1.82) is 0 Å². The van der Waals surface area contributed by atoms with Gasteiger partial charge in [-0.2, -0.15) is 0 Å². The Kier molecular flexibility index (Phi) is 5.75. The van der Waals surface area contributed by atoms with E-state index in [-0.39, 0.29) is 6.09 Å². The molecule has 0 radical (unpaired) electrons. The molecule has 4 heteroatoms. The van der Waals surface area contributed by atoms with Crippen LogP contribution in [0, 0.1) is 0 Å². The fraction of sp³-hybridized carbons (Fsp3) is 0.333. The van der Waals surface area contributed by atoms with E-state index in [1.54, 1.807) is 4.90 Å². The molecule has 0 unspecified atom stereocenters. The van der Waals surface area contributed by atoms with Gasteiger partial charge in [0.15, 0.2) is 0 Å². The molecule has 160 valence electrons. The van der Waals surface area contributed by atoms with E-state index >= 15 is 0 Å². The lowest BCUT2D eigenvalue weighted by atomic mass is 9.99. The zero-order valence-electron chi connectivity index (χ0n) is 18.8. The van der Waals surface area contributed by atoms with Crippen LogP contribution in [0.1, 0.15) is 44.9 Å². The van der Waals surface area contributed by atoms with Gasteiger partial charge in [0.05, 0.1) is 5.69 Å². The summed E-state index contributed by atoms with van der Waals surface area (Å²) in [7, 11) is 2.11. The number of rotatable bonds is 2. The zero-order valence-corrected chi connectivity index (χ0v) is 18.8. The molecule has 3 aromatic rings. The van der Waals surface area contributed by atoms with Gasteiger partial charge in [0.1, 0.15) is 5.60 Å². The van der Waals surface area contributed by atoms with Crippen LogP contribution in [0.5, 0.6) is 0 Å². The molecule has 1 saturated heterocycles. The average molecular weight is 415 g/mol. The van der Waals surface area contributed by atoms with Gasteiger partial charge in [-0.25, -0.2) is 4.79 Å². The van der Waals surface area contributed by atoms with E-state index in [0.717, 1.165) is 29.7 Å². The van der Waals surface area contributed by atoms with Crippen molar-refractivity contribution in [3.63, 3.8) is 0 Å². The molecule has 1 aliphatic rings. The minimum atomic E-state index is -0.470. The Morgan fingerprint density at radius 3 is 2.26 bits per heavy atom. The number of carbonyl (C=O) groups is 1. The molecule has 31 heavy (non-hydrogen) atoms. The summed E-state index contributed by atoms with van der Waals surface area (Å²) < 4.78 is 7.77. The number of benzene rings is 2. The first-order chi connectivity index (χ1) is 14.8. The zero-order chi connectivity index (χ0) is 22.0. The summed E-state index contributed by atoms with van der Waals surface area (Å²) in [4.78, 5) is 14.2. The number of aryl methyl sites for hydroxylation is 1. The lowest BCUT2D eigenvalue weighted by molar-refractivity contribution is 0.0236. The minimum absolute atomic E-state index is 0.229. The normalized spacial score (nSPS) is 14.5. The van der Waals surface area contributed by atoms with Crippen LogP contribution in [0.25, 0.3) is 16.5 Å². The van der Waals surface area contributed by atoms with Gasteiger partial charge in [0.25, 0.3) is 0 Å². The molecule has 0 N–H and O–H groups in total. The SMILES string of the molecule is Cn1c(C(=C=C2CCN(C(=O)OC(C)(C)C)CC2)c2ccccc2)cc2ccccc21. The van der Waals surface area contributed by atoms with Gasteiger partial charge in [-0.3, -0.25) is 0 Å². The highest BCUT2D eigenvalue weighted by Crippen LogP contribution is 2.29. The number of piperidine rings is 1. The molecule has 0 saturated carbocycles. The van der Waals surface area contributed by atoms with Crippen molar-refractivity contribution < 1.29 is 9.53 Å². The van der Waals surface area contributed by atoms with Gasteiger partial charge >= 0.3 is 6.09 Å². The lowest BCUT2D eigenvalue weighted by Crippen LogP contribution is -2.40. The Balaban J connectivity index is 1.69. The van der Waals surface area contributed by atoms with Crippen LogP contribution >= 0.6 is 0 Å². The first-order valence-electron chi connectivity index (χ1n) is 10.9. The largest absolute Gasteiger partial charge is 0.444 e. The second kappa shape index (κ2) is 8.49. The average Bonchev–Trinajstić information content (AvgIpc) is 3.08. The Labute approximate surface area is 184 Å². The minimum Gasteiger partial charge on any atom is -0.444 e. The summed E-state index contributed by atoms with van der Waals surface area (Å²) in [6, 6.07) is 21.1. The quantitative estimate of drug-likeness (QED) is 0.470. The van der Waals surface area contributed by atoms with Gasteiger partial charge < -0.3 is 14.2 Å². The summed E-state index contributed by atoms with van der Waals surface area (Å²) in [6.45, 7) is 7.03. The second-order valence-electron chi connectivity index (χ2n) is 9.08. The molecule has 4 rings (SSSR count). The summed E-state index contributed by atoms with van der Waals surface area (Å²) in [6.07, 6.45) is 1.38. The van der Waals surface area contributed by atoms with Gasteiger partial charge in [0, 0.05) is 36.6 Å². The maximum atomic E-state index is 12.4. The molecule has 2 aromatic carbocycles. The molecule has 0 spiro atoms. The standard InChI is InChI=1S/C27H30N2O2/c1-27(2,3)31-26(30)29-16-14-20(15-17-29)18-23(21-10-6-5-7-11-21)25-19-22-12-8-9-13-24(22)28(25)4/h5-13,19H,14-17H2,1-4H3. The van der Waals surface area contributed by atoms with Crippen LogP contribution in [-0.4, -0.2) is 34.3 Å². The number of likely N-dealkylation sites (tertiary alicyclic amines) is 1. The Hall–Kier alpha value is -3.23. The van der Waals surface area contributed by atoms with E-state index in [0.29, 0.717) is 13.1 Å². The van der Waals surface area contributed by atoms with Crippen molar-refractivity contribution in [3.8, 4) is 0 Å². The molecule has 0 atom stereocenters. The Bertz CT molecular complexity index is 1150. The van der Waals surface area contributed by atoms with Gasteiger partial charge in [-0.15, -0.1) is 5.73 Å². The van der Waals surface area contributed by atoms with Crippen LogP contribution in [-0.2, 0) is 11.8 Å². The van der Waals surface area contributed by atoms with Crippen LogP contribution in [0.4, 0.5) is 4.79 Å². The van der Waals surface area contributed by atoms with Crippen LogP contribution < -0.4 is 0 Å². The number of hydrogen-bond acceptors (Lipinski definition) is 2. The highest BCUT2D eigenvalue weighted by Gasteiger charge is 2.25. The number of nitrogens with zero attached hydrogens (tertiary/aromatic N) is 2. The first kappa shape index (κ1) is 21.0. The fourth-order valence-electron chi connectivity index (χ4n) is 4.01. The van der Waals surface area contributed by atoms with Crippen molar-refractivity contribution in [3.05, 3.63) is 83.2 Å². The third kappa shape index (κ3) is 4.76. The van der Waals surface area contributed by atoms with Crippen molar-refractivity contribution in [1.82, 2.24) is 9.47 Å². The smallest absolute Gasteiger partial charge is 0.410 e. The van der Waals surface area contributed by atoms with E-state index in [1.807, 2.05) is 26.8 Å². The molecule has 1 aliphatic heterocycles. The molecule has 0 bridgehead atoms. The number of aromatic nitrogens is 1. The molecular weight excluding hydrogens is 384 g/mol. The van der Waals surface area contributed by atoms with E-state index in [9.17, 15) is 4.79 Å². The van der Waals surface area contributed by atoms with E-state index in [2.05, 4.69) is 71.9 Å². The maximum absolute atomic E-state index is 12.4. The molecule has 1 aromatic heterocycles. The molecule has 4 nitrogen and oxygen atoms in total. The fourth-order valence-corrected chi connectivity index (χ4v) is 4.01. The predicted octanol–water partition coefficient (Wildman–Crippen LogP) is 6.17. The number of fused-ring (bicyclic) bond motifs is 1. The van der Waals surface area contributed by atoms with Crippen molar-refractivity contribution in [2.24, 2.45) is 7.05 Å². The molecule has 0 aliphatic carbocycles. The van der Waals surface area contributed by atoms with Crippen LogP contribution in [0.15, 0.2) is 72.0 Å². The molecule has 2 heterocycles. The summed E-state index contributed by atoms with van der Waals surface area (Å²) in [5.41, 5.74) is 9.10. The monoisotopic (exact) mass is 414 g/mol. The van der Waals surface area contributed by atoms with Gasteiger partial charge in [-0.1, -0.05) is 48.5 Å². The van der Waals surface area contributed by atoms with E-state index in [1.165, 1.54) is 16.5 Å². The third-order valence-corrected chi connectivity index (χ3v) is 5.59. The molecule has 1 amide bonds. The third-order valence-electron chi connectivity index (χ3n) is 5.59. The van der Waals surface area contributed by atoms with Gasteiger partial charge in [-0.05, 0) is 56.9 Å². The van der Waals surface area contributed by atoms with Crippen molar-refractivity contribution in [2.75, 3.05) is 13.1 Å². The van der Waals surface area contributed by atoms with Crippen molar-refractivity contribution >= 4 is 22.6 Å².